The first-order valence-corrected chi connectivity index (χ1v) is 9.31. The molecule has 1 N–H and O–H groups in total. The van der Waals surface area contributed by atoms with Gasteiger partial charge < -0.3 is 5.32 Å². The molecule has 0 saturated heterocycles. The molecule has 4 rings (SSSR count). The highest BCUT2D eigenvalue weighted by Crippen LogP contribution is 2.29. The van der Waals surface area contributed by atoms with Crippen LogP contribution in [-0.2, 0) is 0 Å². The van der Waals surface area contributed by atoms with E-state index in [0.717, 1.165) is 28.2 Å². The monoisotopic (exact) mass is 390 g/mol. The van der Waals surface area contributed by atoms with E-state index in [4.69, 9.17) is 11.6 Å². The Balaban J connectivity index is 1.78. The number of benzene rings is 2. The minimum atomic E-state index is -0.273. The lowest BCUT2D eigenvalue weighted by Crippen LogP contribution is -2.16. The predicted molar refractivity (Wildman–Crippen MR) is 112 cm³/mol. The van der Waals surface area contributed by atoms with Crippen LogP contribution in [0.3, 0.4) is 0 Å². The van der Waals surface area contributed by atoms with Gasteiger partial charge in [0, 0.05) is 11.8 Å². The molecule has 0 aliphatic carbocycles. The van der Waals surface area contributed by atoms with Crippen LogP contribution in [0.25, 0.3) is 16.8 Å². The Morgan fingerprint density at radius 2 is 1.86 bits per heavy atom. The van der Waals surface area contributed by atoms with E-state index >= 15 is 0 Å². The molecule has 0 atom stereocenters. The maximum atomic E-state index is 12.8. The number of hydrogen-bond acceptors (Lipinski definition) is 3. The molecule has 0 aliphatic rings. The van der Waals surface area contributed by atoms with Crippen LogP contribution >= 0.6 is 11.6 Å². The van der Waals surface area contributed by atoms with Gasteiger partial charge in [-0.15, -0.1) is 0 Å². The lowest BCUT2D eigenvalue weighted by Gasteiger charge is -2.10. The summed E-state index contributed by atoms with van der Waals surface area (Å²) in [5.41, 5.74) is 6.54. The molecule has 0 unspecified atom stereocenters. The van der Waals surface area contributed by atoms with Gasteiger partial charge in [0.1, 0.15) is 0 Å². The van der Waals surface area contributed by atoms with Gasteiger partial charge in [-0.3, -0.25) is 4.79 Å². The van der Waals surface area contributed by atoms with Crippen LogP contribution in [-0.4, -0.2) is 20.5 Å². The molecule has 2 aromatic heterocycles. The maximum absolute atomic E-state index is 12.8. The maximum Gasteiger partial charge on any atom is 0.259 e. The Labute approximate surface area is 168 Å². The Morgan fingerprint density at radius 1 is 1.07 bits per heavy atom. The number of rotatable bonds is 3. The third-order valence-electron chi connectivity index (χ3n) is 4.73. The Kier molecular flexibility index (Phi) is 4.61. The molecular formula is C22H19ClN4O. The van der Waals surface area contributed by atoms with E-state index in [0.29, 0.717) is 16.3 Å². The minimum absolute atomic E-state index is 0.273. The molecule has 2 heterocycles. The molecule has 0 radical (unpaired) electrons. The summed E-state index contributed by atoms with van der Waals surface area (Å²) in [4.78, 5) is 17.3. The summed E-state index contributed by atoms with van der Waals surface area (Å²) < 4.78 is 1.73. The number of hydrogen-bond donors (Lipinski definition) is 1. The highest BCUT2D eigenvalue weighted by Gasteiger charge is 2.19. The van der Waals surface area contributed by atoms with E-state index in [1.54, 1.807) is 22.8 Å². The summed E-state index contributed by atoms with van der Waals surface area (Å²) in [5, 5.41) is 7.96. The molecule has 6 heteroatoms. The first-order valence-electron chi connectivity index (χ1n) is 8.93. The number of anilines is 1. The van der Waals surface area contributed by atoms with Crippen LogP contribution in [0.2, 0.25) is 5.02 Å². The van der Waals surface area contributed by atoms with E-state index in [1.807, 2.05) is 38.1 Å². The fourth-order valence-corrected chi connectivity index (χ4v) is 3.50. The van der Waals surface area contributed by atoms with Crippen LogP contribution in [0.4, 0.5) is 5.69 Å². The standard InChI is InChI=1S/C22H19ClN4O/c1-13-7-6-8-16(11-13)20-14(2)26-27-15(3)17(12-24-21(20)27)22(28)25-19-10-5-4-9-18(19)23/h4-12H,1-3H3,(H,25,28). The van der Waals surface area contributed by atoms with Gasteiger partial charge in [-0.25, -0.2) is 9.50 Å². The van der Waals surface area contributed by atoms with Crippen molar-refractivity contribution in [2.24, 2.45) is 0 Å². The van der Waals surface area contributed by atoms with Gasteiger partial charge in [0.05, 0.1) is 27.7 Å². The third kappa shape index (κ3) is 3.14. The van der Waals surface area contributed by atoms with Crippen molar-refractivity contribution in [2.75, 3.05) is 5.32 Å². The molecule has 0 fully saturated rings. The van der Waals surface area contributed by atoms with Crippen LogP contribution < -0.4 is 5.32 Å². The van der Waals surface area contributed by atoms with E-state index in [2.05, 4.69) is 34.5 Å². The van der Waals surface area contributed by atoms with Crippen molar-refractivity contribution in [2.45, 2.75) is 20.8 Å². The van der Waals surface area contributed by atoms with E-state index < -0.39 is 0 Å². The van der Waals surface area contributed by atoms with Crippen LogP contribution in [0.5, 0.6) is 0 Å². The summed E-state index contributed by atoms with van der Waals surface area (Å²) >= 11 is 6.15. The van der Waals surface area contributed by atoms with Gasteiger partial charge >= 0.3 is 0 Å². The quantitative estimate of drug-likeness (QED) is 0.521. The zero-order chi connectivity index (χ0) is 19.8. The fourth-order valence-electron chi connectivity index (χ4n) is 3.32. The van der Waals surface area contributed by atoms with E-state index in [1.165, 1.54) is 5.56 Å². The molecule has 1 amide bonds. The number of nitrogens with zero attached hydrogens (tertiary/aromatic N) is 3. The highest BCUT2D eigenvalue weighted by molar-refractivity contribution is 6.33. The van der Waals surface area contributed by atoms with Crippen molar-refractivity contribution in [1.29, 1.82) is 0 Å². The summed E-state index contributed by atoms with van der Waals surface area (Å²) in [6.45, 7) is 5.87. The first-order chi connectivity index (χ1) is 13.5. The number of nitrogens with one attached hydrogen (secondary N) is 1. The third-order valence-corrected chi connectivity index (χ3v) is 5.06. The van der Waals surface area contributed by atoms with Crippen molar-refractivity contribution < 1.29 is 4.79 Å². The smallest absolute Gasteiger partial charge is 0.259 e. The van der Waals surface area contributed by atoms with Crippen molar-refractivity contribution in [3.63, 3.8) is 0 Å². The van der Waals surface area contributed by atoms with Gasteiger partial charge in [0.15, 0.2) is 5.65 Å². The fraction of sp³-hybridized carbons (Fsp3) is 0.136. The van der Waals surface area contributed by atoms with E-state index in [-0.39, 0.29) is 5.91 Å². The second-order valence-electron chi connectivity index (χ2n) is 6.76. The molecule has 28 heavy (non-hydrogen) atoms. The highest BCUT2D eigenvalue weighted by atomic mass is 35.5. The Bertz CT molecular complexity index is 1210. The second-order valence-corrected chi connectivity index (χ2v) is 7.16. The number of aromatic nitrogens is 3. The largest absolute Gasteiger partial charge is 0.321 e. The first kappa shape index (κ1) is 18.2. The molecule has 4 aromatic rings. The number of amides is 1. The summed E-state index contributed by atoms with van der Waals surface area (Å²) in [5.74, 6) is -0.273. The normalized spacial score (nSPS) is 11.0. The molecule has 0 saturated carbocycles. The summed E-state index contributed by atoms with van der Waals surface area (Å²) in [7, 11) is 0. The average molecular weight is 391 g/mol. The lowest BCUT2D eigenvalue weighted by molar-refractivity contribution is 0.102. The lowest BCUT2D eigenvalue weighted by atomic mass is 10.0. The Morgan fingerprint density at radius 3 is 2.61 bits per heavy atom. The van der Waals surface area contributed by atoms with Crippen LogP contribution in [0, 0.1) is 20.8 Å². The van der Waals surface area contributed by atoms with Gasteiger partial charge in [-0.1, -0.05) is 53.6 Å². The zero-order valence-corrected chi connectivity index (χ0v) is 16.6. The molecule has 140 valence electrons. The van der Waals surface area contributed by atoms with Gasteiger partial charge in [-0.2, -0.15) is 5.10 Å². The number of para-hydroxylation sites is 1. The number of halogens is 1. The number of carbonyl (C=O) groups is 1. The van der Waals surface area contributed by atoms with Crippen molar-refractivity contribution in [3.8, 4) is 11.1 Å². The number of aryl methyl sites for hydroxylation is 3. The molecule has 5 nitrogen and oxygen atoms in total. The second kappa shape index (κ2) is 7.09. The van der Waals surface area contributed by atoms with Crippen molar-refractivity contribution >= 4 is 28.8 Å². The molecule has 2 aromatic carbocycles. The topological polar surface area (TPSA) is 59.3 Å². The minimum Gasteiger partial charge on any atom is -0.321 e. The molecular weight excluding hydrogens is 372 g/mol. The van der Waals surface area contributed by atoms with Crippen molar-refractivity contribution in [3.05, 3.63) is 82.3 Å². The Hall–Kier alpha value is -3.18. The predicted octanol–water partition coefficient (Wildman–Crippen LogP) is 5.23. The molecule has 0 aliphatic heterocycles. The average Bonchev–Trinajstić information content (AvgIpc) is 3.01. The molecule has 0 spiro atoms. The van der Waals surface area contributed by atoms with Gasteiger partial charge in [-0.05, 0) is 38.5 Å². The van der Waals surface area contributed by atoms with E-state index in [9.17, 15) is 4.79 Å². The van der Waals surface area contributed by atoms with Crippen LogP contribution in [0.1, 0.15) is 27.3 Å². The number of fused-ring (bicyclic) bond motifs is 1. The van der Waals surface area contributed by atoms with Crippen LogP contribution in [0.15, 0.2) is 54.7 Å². The SMILES string of the molecule is Cc1cccc(-c2c(C)nn3c(C)c(C(=O)Nc4ccccc4Cl)cnc23)c1. The van der Waals surface area contributed by atoms with Gasteiger partial charge in [0.2, 0.25) is 0 Å². The van der Waals surface area contributed by atoms with Gasteiger partial charge in [0.25, 0.3) is 5.91 Å². The summed E-state index contributed by atoms with van der Waals surface area (Å²) in [6.07, 6.45) is 1.59. The van der Waals surface area contributed by atoms with Crippen molar-refractivity contribution in [1.82, 2.24) is 14.6 Å². The molecule has 0 bridgehead atoms. The number of carbonyl (C=O) groups excluding carboxylic acids is 1. The summed E-state index contributed by atoms with van der Waals surface area (Å²) in [6, 6.07) is 15.4. The zero-order valence-electron chi connectivity index (χ0n) is 15.8.